The summed E-state index contributed by atoms with van der Waals surface area (Å²) in [5, 5.41) is 11.9. The van der Waals surface area contributed by atoms with Crippen LogP contribution >= 0.6 is 0 Å². The minimum absolute atomic E-state index is 0.284. The maximum absolute atomic E-state index is 12.5. The highest BCUT2D eigenvalue weighted by molar-refractivity contribution is 5.89. The first kappa shape index (κ1) is 21.2. The molecular formula is C27H28N4O2. The Labute approximate surface area is 193 Å². The Morgan fingerprint density at radius 2 is 1.94 bits per heavy atom. The van der Waals surface area contributed by atoms with Gasteiger partial charge in [-0.15, -0.1) is 0 Å². The van der Waals surface area contributed by atoms with Crippen LogP contribution in [0.2, 0.25) is 0 Å². The van der Waals surface area contributed by atoms with Crippen molar-refractivity contribution in [1.82, 2.24) is 15.1 Å². The Morgan fingerprint density at radius 1 is 1.06 bits per heavy atom. The van der Waals surface area contributed by atoms with E-state index in [9.17, 15) is 4.79 Å². The van der Waals surface area contributed by atoms with Crippen molar-refractivity contribution < 1.29 is 9.53 Å². The highest BCUT2D eigenvalue weighted by Crippen LogP contribution is 2.21. The van der Waals surface area contributed by atoms with Crippen molar-refractivity contribution in [3.05, 3.63) is 95.7 Å². The molecule has 1 saturated heterocycles. The van der Waals surface area contributed by atoms with Gasteiger partial charge in [0.15, 0.2) is 0 Å². The molecule has 0 bridgehead atoms. The van der Waals surface area contributed by atoms with Gasteiger partial charge in [-0.3, -0.25) is 10.00 Å². The third-order valence-corrected chi connectivity index (χ3v) is 6.10. The lowest BCUT2D eigenvalue weighted by Gasteiger charge is -2.33. The molecule has 1 atom stereocenters. The lowest BCUT2D eigenvalue weighted by molar-refractivity contribution is 0.0472. The molecule has 0 aliphatic carbocycles. The van der Waals surface area contributed by atoms with Gasteiger partial charge in [0.05, 0.1) is 17.3 Å². The van der Waals surface area contributed by atoms with E-state index in [0.717, 1.165) is 60.2 Å². The number of rotatable bonds is 7. The van der Waals surface area contributed by atoms with Crippen LogP contribution in [0.3, 0.4) is 0 Å². The smallest absolute Gasteiger partial charge is 0.338 e. The predicted molar refractivity (Wildman–Crippen MR) is 130 cm³/mol. The molecule has 0 amide bonds. The van der Waals surface area contributed by atoms with E-state index in [2.05, 4.69) is 44.7 Å². The van der Waals surface area contributed by atoms with Crippen molar-refractivity contribution in [3.8, 4) is 0 Å². The summed E-state index contributed by atoms with van der Waals surface area (Å²) < 4.78 is 5.50. The molecule has 2 N–H and O–H groups in total. The quantitative estimate of drug-likeness (QED) is 0.396. The number of hydrogen-bond donors (Lipinski definition) is 2. The summed E-state index contributed by atoms with van der Waals surface area (Å²) in [5.41, 5.74) is 4.89. The summed E-state index contributed by atoms with van der Waals surface area (Å²) in [6, 6.07) is 24.2. The van der Waals surface area contributed by atoms with Crippen molar-refractivity contribution in [1.29, 1.82) is 0 Å². The third-order valence-electron chi connectivity index (χ3n) is 6.10. The van der Waals surface area contributed by atoms with Crippen LogP contribution in [-0.4, -0.2) is 40.2 Å². The van der Waals surface area contributed by atoms with Crippen LogP contribution in [0.15, 0.2) is 79.0 Å². The summed E-state index contributed by atoms with van der Waals surface area (Å²) in [6.07, 6.45) is 4.14. The first-order valence-corrected chi connectivity index (χ1v) is 11.4. The normalized spacial score (nSPS) is 16.5. The first-order chi connectivity index (χ1) is 16.2. The molecule has 6 nitrogen and oxygen atoms in total. The number of aromatic nitrogens is 2. The van der Waals surface area contributed by atoms with Crippen molar-refractivity contribution in [3.63, 3.8) is 0 Å². The average Bonchev–Trinajstić information content (AvgIpc) is 3.32. The molecule has 2 heterocycles. The maximum atomic E-state index is 12.5. The number of nitrogens with one attached hydrogen (secondary N) is 2. The molecule has 1 aliphatic heterocycles. The molecule has 1 fully saturated rings. The van der Waals surface area contributed by atoms with Crippen LogP contribution in [0.25, 0.3) is 10.9 Å². The van der Waals surface area contributed by atoms with E-state index < -0.39 is 0 Å². The standard InChI is InChI=1S/C27H28N4O2/c32-27(33-19-20-6-2-1-3-7-20)22-9-4-8-21(14-22)17-31-13-5-10-25(18-31)29-24-11-12-26-23(15-24)16-28-30-26/h1-4,6-9,11-12,14-16,25,29H,5,10,13,17-19H2,(H,28,30). The number of hydrogen-bond acceptors (Lipinski definition) is 5. The molecule has 4 aromatic rings. The monoisotopic (exact) mass is 440 g/mol. The van der Waals surface area contributed by atoms with E-state index in [1.54, 1.807) is 0 Å². The van der Waals surface area contributed by atoms with Crippen molar-refractivity contribution in [2.75, 3.05) is 18.4 Å². The molecule has 1 unspecified atom stereocenters. The molecule has 0 spiro atoms. The Hall–Kier alpha value is -3.64. The molecule has 1 aromatic heterocycles. The Kier molecular flexibility index (Phi) is 6.35. The topological polar surface area (TPSA) is 70.2 Å². The number of carbonyl (C=O) groups is 1. The number of aromatic amines is 1. The van der Waals surface area contributed by atoms with Gasteiger partial charge in [-0.2, -0.15) is 5.10 Å². The number of likely N-dealkylation sites (tertiary alicyclic amines) is 1. The van der Waals surface area contributed by atoms with E-state index >= 15 is 0 Å². The number of benzene rings is 3. The van der Waals surface area contributed by atoms with Crippen molar-refractivity contribution in [2.24, 2.45) is 0 Å². The van der Waals surface area contributed by atoms with E-state index in [1.807, 2.05) is 54.7 Å². The Morgan fingerprint density at radius 3 is 2.85 bits per heavy atom. The van der Waals surface area contributed by atoms with Gasteiger partial charge in [-0.05, 0) is 60.8 Å². The Bertz CT molecular complexity index is 1220. The number of fused-ring (bicyclic) bond motifs is 1. The first-order valence-electron chi connectivity index (χ1n) is 11.4. The van der Waals surface area contributed by atoms with E-state index in [-0.39, 0.29) is 12.6 Å². The molecule has 0 radical (unpaired) electrons. The minimum Gasteiger partial charge on any atom is -0.457 e. The zero-order valence-corrected chi connectivity index (χ0v) is 18.5. The average molecular weight is 441 g/mol. The van der Waals surface area contributed by atoms with Crippen LogP contribution in [0.1, 0.15) is 34.3 Å². The lowest BCUT2D eigenvalue weighted by atomic mass is 10.0. The van der Waals surface area contributed by atoms with Crippen molar-refractivity contribution >= 4 is 22.6 Å². The van der Waals surface area contributed by atoms with Gasteiger partial charge >= 0.3 is 5.97 Å². The molecule has 6 heteroatoms. The molecule has 0 saturated carbocycles. The second-order valence-electron chi connectivity index (χ2n) is 8.65. The van der Waals surface area contributed by atoms with Gasteiger partial charge in [-0.1, -0.05) is 42.5 Å². The fraction of sp³-hybridized carbons (Fsp3) is 0.259. The maximum Gasteiger partial charge on any atom is 0.338 e. The third kappa shape index (κ3) is 5.41. The minimum atomic E-state index is -0.284. The molecule has 168 valence electrons. The summed E-state index contributed by atoms with van der Waals surface area (Å²) >= 11 is 0. The van der Waals surface area contributed by atoms with E-state index in [4.69, 9.17) is 4.74 Å². The highest BCUT2D eigenvalue weighted by Gasteiger charge is 2.20. The fourth-order valence-electron chi connectivity index (χ4n) is 4.45. The largest absolute Gasteiger partial charge is 0.457 e. The summed E-state index contributed by atoms with van der Waals surface area (Å²) in [7, 11) is 0. The summed E-state index contributed by atoms with van der Waals surface area (Å²) in [6.45, 7) is 3.13. The van der Waals surface area contributed by atoms with Crippen LogP contribution in [0.4, 0.5) is 5.69 Å². The van der Waals surface area contributed by atoms with E-state index in [0.29, 0.717) is 11.6 Å². The SMILES string of the molecule is O=C(OCc1ccccc1)c1cccc(CN2CCCC(Nc3ccc4[nH]ncc4c3)C2)c1. The molecule has 33 heavy (non-hydrogen) atoms. The van der Waals surface area contributed by atoms with Crippen LogP contribution in [0.5, 0.6) is 0 Å². The van der Waals surface area contributed by atoms with Crippen LogP contribution < -0.4 is 5.32 Å². The number of H-pyrrole nitrogens is 1. The number of nitrogens with zero attached hydrogens (tertiary/aromatic N) is 2. The Balaban J connectivity index is 1.17. The molecule has 1 aliphatic rings. The van der Waals surface area contributed by atoms with Gasteiger partial charge in [0.25, 0.3) is 0 Å². The molecular weight excluding hydrogens is 412 g/mol. The zero-order chi connectivity index (χ0) is 22.5. The summed E-state index contributed by atoms with van der Waals surface area (Å²) in [5.74, 6) is -0.284. The second kappa shape index (κ2) is 9.88. The number of esters is 1. The number of carbonyl (C=O) groups excluding carboxylic acids is 1. The number of ether oxygens (including phenoxy) is 1. The zero-order valence-electron chi connectivity index (χ0n) is 18.5. The van der Waals surface area contributed by atoms with Gasteiger partial charge in [-0.25, -0.2) is 4.79 Å². The molecule has 3 aromatic carbocycles. The van der Waals surface area contributed by atoms with Crippen LogP contribution in [0, 0.1) is 0 Å². The van der Waals surface area contributed by atoms with E-state index in [1.165, 1.54) is 0 Å². The van der Waals surface area contributed by atoms with Crippen molar-refractivity contribution in [2.45, 2.75) is 32.0 Å². The van der Waals surface area contributed by atoms with Crippen LogP contribution in [-0.2, 0) is 17.9 Å². The number of piperidine rings is 1. The highest BCUT2D eigenvalue weighted by atomic mass is 16.5. The number of anilines is 1. The van der Waals surface area contributed by atoms with Gasteiger partial charge in [0, 0.05) is 30.2 Å². The fourth-order valence-corrected chi connectivity index (χ4v) is 4.45. The summed E-state index contributed by atoms with van der Waals surface area (Å²) in [4.78, 5) is 15.0. The second-order valence-corrected chi connectivity index (χ2v) is 8.65. The van der Waals surface area contributed by atoms with Gasteiger partial charge in [0.1, 0.15) is 6.61 Å². The predicted octanol–water partition coefficient (Wildman–Crippen LogP) is 5.00. The van der Waals surface area contributed by atoms with Gasteiger partial charge in [0.2, 0.25) is 0 Å². The lowest BCUT2D eigenvalue weighted by Crippen LogP contribution is -2.41. The molecule has 5 rings (SSSR count). The van der Waals surface area contributed by atoms with Gasteiger partial charge < -0.3 is 10.1 Å².